The SMILES string of the molecule is Cn1c(=O)c2c(nc(NCCNC(=O)N3CCOCC3)n2Cc2ccccc2)n(C)c1=O. The summed E-state index contributed by atoms with van der Waals surface area (Å²) >= 11 is 0. The van der Waals surface area contributed by atoms with Crippen LogP contribution in [0.2, 0.25) is 0 Å². The molecule has 2 amide bonds. The number of ether oxygens (including phenoxy) is 1. The molecule has 0 spiro atoms. The van der Waals surface area contributed by atoms with E-state index in [0.29, 0.717) is 63.0 Å². The Labute approximate surface area is 184 Å². The van der Waals surface area contributed by atoms with E-state index in [0.717, 1.165) is 10.1 Å². The van der Waals surface area contributed by atoms with Crippen molar-refractivity contribution < 1.29 is 9.53 Å². The lowest BCUT2D eigenvalue weighted by atomic mass is 10.2. The minimum absolute atomic E-state index is 0.135. The average molecular weight is 441 g/mol. The molecular formula is C21H27N7O4. The van der Waals surface area contributed by atoms with Crippen molar-refractivity contribution in [2.45, 2.75) is 6.54 Å². The number of amides is 2. The number of hydrogen-bond acceptors (Lipinski definition) is 6. The van der Waals surface area contributed by atoms with Gasteiger partial charge in [0.05, 0.1) is 19.8 Å². The van der Waals surface area contributed by atoms with Gasteiger partial charge in [-0.15, -0.1) is 0 Å². The van der Waals surface area contributed by atoms with Crippen LogP contribution in [0.3, 0.4) is 0 Å². The van der Waals surface area contributed by atoms with Gasteiger partial charge in [0, 0.05) is 40.3 Å². The number of fused-ring (bicyclic) bond motifs is 1. The molecule has 2 aromatic heterocycles. The Morgan fingerprint density at radius 1 is 1.06 bits per heavy atom. The average Bonchev–Trinajstić information content (AvgIpc) is 3.18. The second kappa shape index (κ2) is 9.27. The number of nitrogens with one attached hydrogen (secondary N) is 2. The van der Waals surface area contributed by atoms with Crippen LogP contribution in [0, 0.1) is 0 Å². The van der Waals surface area contributed by atoms with Gasteiger partial charge >= 0.3 is 11.7 Å². The minimum Gasteiger partial charge on any atom is -0.378 e. The van der Waals surface area contributed by atoms with Gasteiger partial charge in [0.25, 0.3) is 5.56 Å². The first-order valence-electron chi connectivity index (χ1n) is 10.5. The van der Waals surface area contributed by atoms with Crippen LogP contribution in [-0.2, 0) is 25.4 Å². The van der Waals surface area contributed by atoms with E-state index < -0.39 is 11.2 Å². The van der Waals surface area contributed by atoms with E-state index in [4.69, 9.17) is 4.74 Å². The number of benzene rings is 1. The monoisotopic (exact) mass is 441 g/mol. The predicted octanol–water partition coefficient (Wildman–Crippen LogP) is -0.0643. The molecule has 1 aromatic carbocycles. The third-order valence-electron chi connectivity index (χ3n) is 5.51. The highest BCUT2D eigenvalue weighted by molar-refractivity contribution is 5.75. The molecule has 0 saturated carbocycles. The molecule has 11 heteroatoms. The first kappa shape index (κ1) is 21.6. The molecule has 0 bridgehead atoms. The smallest absolute Gasteiger partial charge is 0.332 e. The van der Waals surface area contributed by atoms with E-state index in [2.05, 4.69) is 15.6 Å². The maximum Gasteiger partial charge on any atom is 0.332 e. The number of anilines is 1. The summed E-state index contributed by atoms with van der Waals surface area (Å²) < 4.78 is 9.48. The van der Waals surface area contributed by atoms with Crippen LogP contribution in [0.5, 0.6) is 0 Å². The number of urea groups is 1. The Bertz CT molecular complexity index is 1220. The largest absolute Gasteiger partial charge is 0.378 e. The number of carbonyl (C=O) groups is 1. The molecule has 11 nitrogen and oxygen atoms in total. The Morgan fingerprint density at radius 2 is 1.78 bits per heavy atom. The second-order valence-electron chi connectivity index (χ2n) is 7.64. The van der Waals surface area contributed by atoms with Gasteiger partial charge < -0.3 is 20.3 Å². The first-order valence-corrected chi connectivity index (χ1v) is 10.5. The fourth-order valence-corrected chi connectivity index (χ4v) is 3.72. The summed E-state index contributed by atoms with van der Waals surface area (Å²) in [7, 11) is 3.05. The van der Waals surface area contributed by atoms with Gasteiger partial charge in [-0.25, -0.2) is 9.59 Å². The van der Waals surface area contributed by atoms with E-state index >= 15 is 0 Å². The van der Waals surface area contributed by atoms with Crippen molar-refractivity contribution >= 4 is 23.1 Å². The van der Waals surface area contributed by atoms with Crippen LogP contribution in [0.25, 0.3) is 11.2 Å². The van der Waals surface area contributed by atoms with E-state index in [1.54, 1.807) is 16.5 Å². The van der Waals surface area contributed by atoms with Crippen LogP contribution in [0.4, 0.5) is 10.7 Å². The molecule has 3 heterocycles. The van der Waals surface area contributed by atoms with E-state index in [1.165, 1.54) is 11.6 Å². The summed E-state index contributed by atoms with van der Waals surface area (Å²) in [4.78, 5) is 43.8. The fourth-order valence-electron chi connectivity index (χ4n) is 3.72. The van der Waals surface area contributed by atoms with E-state index in [1.807, 2.05) is 30.3 Å². The molecule has 1 aliphatic heterocycles. The van der Waals surface area contributed by atoms with Crippen molar-refractivity contribution in [1.82, 2.24) is 28.9 Å². The normalized spacial score (nSPS) is 14.0. The van der Waals surface area contributed by atoms with Crippen molar-refractivity contribution in [3.63, 3.8) is 0 Å². The van der Waals surface area contributed by atoms with Gasteiger partial charge in [-0.2, -0.15) is 4.98 Å². The summed E-state index contributed by atoms with van der Waals surface area (Å²) in [6, 6.07) is 9.57. The van der Waals surface area contributed by atoms with Crippen LogP contribution in [0.15, 0.2) is 39.9 Å². The molecule has 170 valence electrons. The van der Waals surface area contributed by atoms with Crippen molar-refractivity contribution in [3.8, 4) is 0 Å². The van der Waals surface area contributed by atoms with Crippen molar-refractivity contribution in [1.29, 1.82) is 0 Å². The Hall–Kier alpha value is -3.60. The topological polar surface area (TPSA) is 115 Å². The van der Waals surface area contributed by atoms with Crippen LogP contribution < -0.4 is 21.9 Å². The van der Waals surface area contributed by atoms with Crippen molar-refractivity contribution in [2.24, 2.45) is 14.1 Å². The van der Waals surface area contributed by atoms with Gasteiger partial charge in [0.15, 0.2) is 11.2 Å². The van der Waals surface area contributed by atoms with Gasteiger partial charge in [-0.05, 0) is 5.56 Å². The highest BCUT2D eigenvalue weighted by atomic mass is 16.5. The number of aryl methyl sites for hydroxylation is 1. The molecule has 1 aliphatic rings. The molecular weight excluding hydrogens is 414 g/mol. The molecule has 0 radical (unpaired) electrons. The molecule has 3 aromatic rings. The van der Waals surface area contributed by atoms with Gasteiger partial charge in [0.1, 0.15) is 0 Å². The van der Waals surface area contributed by atoms with Gasteiger partial charge in [-0.3, -0.25) is 18.5 Å². The lowest BCUT2D eigenvalue weighted by Gasteiger charge is -2.26. The highest BCUT2D eigenvalue weighted by Gasteiger charge is 2.20. The summed E-state index contributed by atoms with van der Waals surface area (Å²) in [5.74, 6) is 0.461. The third-order valence-corrected chi connectivity index (χ3v) is 5.51. The van der Waals surface area contributed by atoms with Crippen molar-refractivity contribution in [2.75, 3.05) is 44.7 Å². The standard InChI is InChI=1S/C21H27N7O4/c1-25-17-16(18(29)26(2)21(25)31)28(14-15-6-4-3-5-7-15)19(24-17)22-8-9-23-20(30)27-10-12-32-13-11-27/h3-7H,8-14H2,1-2H3,(H,22,24)(H,23,30). The molecule has 1 saturated heterocycles. The molecule has 32 heavy (non-hydrogen) atoms. The number of rotatable bonds is 6. The van der Waals surface area contributed by atoms with Gasteiger partial charge in [0.2, 0.25) is 5.95 Å². The third kappa shape index (κ3) is 4.24. The number of aromatic nitrogens is 4. The second-order valence-corrected chi connectivity index (χ2v) is 7.64. The molecule has 2 N–H and O–H groups in total. The first-order chi connectivity index (χ1) is 15.5. The Morgan fingerprint density at radius 3 is 2.50 bits per heavy atom. The summed E-state index contributed by atoms with van der Waals surface area (Å²) in [6.07, 6.45) is 0. The molecule has 4 rings (SSSR count). The molecule has 0 atom stereocenters. The lowest BCUT2D eigenvalue weighted by molar-refractivity contribution is 0.0533. The number of imidazole rings is 1. The number of hydrogen-bond donors (Lipinski definition) is 2. The summed E-state index contributed by atoms with van der Waals surface area (Å²) in [6.45, 7) is 3.43. The minimum atomic E-state index is -0.434. The zero-order valence-corrected chi connectivity index (χ0v) is 18.2. The summed E-state index contributed by atoms with van der Waals surface area (Å²) in [5, 5.41) is 6.08. The predicted molar refractivity (Wildman–Crippen MR) is 120 cm³/mol. The van der Waals surface area contributed by atoms with Crippen LogP contribution >= 0.6 is 0 Å². The maximum atomic E-state index is 12.9. The fraction of sp³-hybridized carbons (Fsp3) is 0.429. The number of morpholine rings is 1. The number of carbonyl (C=O) groups excluding carboxylic acids is 1. The van der Waals surface area contributed by atoms with E-state index in [-0.39, 0.29) is 6.03 Å². The number of nitrogens with zero attached hydrogens (tertiary/aromatic N) is 5. The van der Waals surface area contributed by atoms with Crippen LogP contribution in [0.1, 0.15) is 5.56 Å². The van der Waals surface area contributed by atoms with E-state index in [9.17, 15) is 14.4 Å². The zero-order chi connectivity index (χ0) is 22.7. The van der Waals surface area contributed by atoms with Gasteiger partial charge in [-0.1, -0.05) is 30.3 Å². The Kier molecular flexibility index (Phi) is 6.26. The maximum absolute atomic E-state index is 12.9. The quantitative estimate of drug-likeness (QED) is 0.518. The molecule has 0 aliphatic carbocycles. The lowest BCUT2D eigenvalue weighted by Crippen LogP contribution is -2.47. The zero-order valence-electron chi connectivity index (χ0n) is 18.2. The molecule has 1 fully saturated rings. The summed E-state index contributed by atoms with van der Waals surface area (Å²) in [5.41, 5.74) is 0.815. The highest BCUT2D eigenvalue weighted by Crippen LogP contribution is 2.17. The van der Waals surface area contributed by atoms with Crippen molar-refractivity contribution in [3.05, 3.63) is 56.7 Å². The van der Waals surface area contributed by atoms with Crippen LogP contribution in [-0.4, -0.2) is 69.0 Å². The Balaban J connectivity index is 1.57. The molecule has 0 unspecified atom stereocenters.